The van der Waals surface area contributed by atoms with Gasteiger partial charge in [-0.15, -0.1) is 0 Å². The minimum absolute atomic E-state index is 0.0586. The van der Waals surface area contributed by atoms with Crippen molar-refractivity contribution in [1.82, 2.24) is 9.13 Å². The van der Waals surface area contributed by atoms with Gasteiger partial charge in [0.1, 0.15) is 0 Å². The Hall–Kier alpha value is 0.137. The lowest BCUT2D eigenvalue weighted by Crippen LogP contribution is -2.23. The van der Waals surface area contributed by atoms with E-state index in [0.29, 0.717) is 0 Å². The Morgan fingerprint density at radius 2 is 1.57 bits per heavy atom. The Morgan fingerprint density at radius 1 is 1.14 bits per heavy atom. The molecule has 7 heavy (non-hydrogen) atoms. The third-order valence-corrected chi connectivity index (χ3v) is 2.94. The normalized spacial score (nSPS) is 26.6. The maximum atomic E-state index is 2.44. The fraction of sp³-hybridized carbons (Fsp3) is 1.00. The van der Waals surface area contributed by atoms with Crippen LogP contribution in [0.2, 0.25) is 0 Å². The summed E-state index contributed by atoms with van der Waals surface area (Å²) < 4.78 is 4.89. The summed E-state index contributed by atoms with van der Waals surface area (Å²) in [6.45, 7) is 2.59. The van der Waals surface area contributed by atoms with Gasteiger partial charge in [-0.05, 0) is 14.1 Å². The highest BCUT2D eigenvalue weighted by molar-refractivity contribution is 6.29. The van der Waals surface area contributed by atoms with E-state index in [1.165, 1.54) is 13.1 Å². The molecule has 0 radical (unpaired) electrons. The molecule has 0 aromatic rings. The SMILES string of the molecule is CN1CCN(C)[SiH2]1. The first-order valence-electron chi connectivity index (χ1n) is 2.66. The summed E-state index contributed by atoms with van der Waals surface area (Å²) in [5.41, 5.74) is 0. The zero-order valence-corrected chi connectivity index (χ0v) is 6.43. The Labute approximate surface area is 47.1 Å². The molecule has 0 spiro atoms. The highest BCUT2D eigenvalue weighted by Gasteiger charge is 2.10. The van der Waals surface area contributed by atoms with E-state index in [0.717, 1.165) is 0 Å². The molecule has 3 heteroatoms. The van der Waals surface area contributed by atoms with Crippen molar-refractivity contribution >= 4 is 9.84 Å². The zero-order chi connectivity index (χ0) is 5.28. The molecule has 1 rings (SSSR count). The number of hydrogen-bond donors (Lipinski definition) is 0. The fourth-order valence-corrected chi connectivity index (χ4v) is 2.28. The summed E-state index contributed by atoms with van der Waals surface area (Å²) >= 11 is 0. The lowest BCUT2D eigenvalue weighted by atomic mass is 10.6. The molecule has 0 aromatic heterocycles. The quantitative estimate of drug-likeness (QED) is 0.369. The van der Waals surface area contributed by atoms with E-state index in [9.17, 15) is 0 Å². The van der Waals surface area contributed by atoms with Crippen LogP contribution in [0.3, 0.4) is 0 Å². The molecule has 0 atom stereocenters. The largest absolute Gasteiger partial charge is 0.318 e. The highest BCUT2D eigenvalue weighted by Crippen LogP contribution is 1.92. The summed E-state index contributed by atoms with van der Waals surface area (Å²) in [5.74, 6) is 0. The van der Waals surface area contributed by atoms with Crippen LogP contribution in [0.1, 0.15) is 0 Å². The van der Waals surface area contributed by atoms with Crippen LogP contribution >= 0.6 is 0 Å². The van der Waals surface area contributed by atoms with Gasteiger partial charge in [0.25, 0.3) is 0 Å². The van der Waals surface area contributed by atoms with E-state index >= 15 is 0 Å². The van der Waals surface area contributed by atoms with Gasteiger partial charge in [0.05, 0.1) is 0 Å². The van der Waals surface area contributed by atoms with Crippen molar-refractivity contribution in [3.05, 3.63) is 0 Å². The third kappa shape index (κ3) is 1.26. The van der Waals surface area contributed by atoms with E-state index in [1.54, 1.807) is 0 Å². The van der Waals surface area contributed by atoms with Crippen LogP contribution in [0.5, 0.6) is 0 Å². The molecule has 1 aliphatic rings. The standard InChI is InChI=1S/C4H12N2Si/c1-5-3-4-6(2)7-5/h3-4,7H2,1-2H3. The first kappa shape index (κ1) is 5.28. The van der Waals surface area contributed by atoms with Crippen LogP contribution in [0.15, 0.2) is 0 Å². The van der Waals surface area contributed by atoms with Crippen molar-refractivity contribution in [2.45, 2.75) is 0 Å². The minimum Gasteiger partial charge on any atom is -0.318 e. The molecule has 1 heterocycles. The van der Waals surface area contributed by atoms with E-state index in [2.05, 4.69) is 23.2 Å². The third-order valence-electron chi connectivity index (χ3n) is 1.35. The van der Waals surface area contributed by atoms with Crippen molar-refractivity contribution in [2.24, 2.45) is 0 Å². The molecule has 2 nitrogen and oxygen atoms in total. The molecule has 0 amide bonds. The van der Waals surface area contributed by atoms with Gasteiger partial charge in [0.15, 0.2) is 9.84 Å². The highest BCUT2D eigenvalue weighted by atomic mass is 28.2. The molecule has 0 saturated carbocycles. The monoisotopic (exact) mass is 116 g/mol. The van der Waals surface area contributed by atoms with Crippen LogP contribution in [0.25, 0.3) is 0 Å². The van der Waals surface area contributed by atoms with Gasteiger partial charge in [-0.2, -0.15) is 0 Å². The number of nitrogens with zero attached hydrogens (tertiary/aromatic N) is 2. The first-order valence-corrected chi connectivity index (χ1v) is 3.92. The molecular weight excluding hydrogens is 104 g/mol. The predicted octanol–water partition coefficient (Wildman–Crippen LogP) is -1.14. The maximum absolute atomic E-state index is 2.44. The Kier molecular flexibility index (Phi) is 1.46. The average molecular weight is 116 g/mol. The predicted molar refractivity (Wildman–Crippen MR) is 33.8 cm³/mol. The molecule has 1 saturated heterocycles. The second-order valence-corrected chi connectivity index (χ2v) is 4.74. The van der Waals surface area contributed by atoms with Crippen LogP contribution in [0, 0.1) is 0 Å². The molecule has 0 bridgehead atoms. The zero-order valence-electron chi connectivity index (χ0n) is 5.02. The van der Waals surface area contributed by atoms with E-state index < -0.39 is 0 Å². The summed E-state index contributed by atoms with van der Waals surface area (Å²) in [6.07, 6.45) is 0. The van der Waals surface area contributed by atoms with Gasteiger partial charge >= 0.3 is 0 Å². The van der Waals surface area contributed by atoms with Crippen molar-refractivity contribution in [2.75, 3.05) is 27.2 Å². The molecular formula is C4H12N2Si. The first-order chi connectivity index (χ1) is 3.29. The van der Waals surface area contributed by atoms with Gasteiger partial charge in [-0.1, -0.05) is 0 Å². The molecule has 42 valence electrons. The summed E-state index contributed by atoms with van der Waals surface area (Å²) in [6, 6.07) is 0. The lowest BCUT2D eigenvalue weighted by Gasteiger charge is -2.04. The second kappa shape index (κ2) is 1.94. The average Bonchev–Trinajstić information content (AvgIpc) is 1.87. The summed E-state index contributed by atoms with van der Waals surface area (Å²) in [7, 11) is 4.47. The molecule has 1 aliphatic heterocycles. The smallest absolute Gasteiger partial charge is 0.172 e. The van der Waals surface area contributed by atoms with E-state index in [1.807, 2.05) is 0 Å². The molecule has 0 aliphatic carbocycles. The number of rotatable bonds is 0. The molecule has 0 unspecified atom stereocenters. The van der Waals surface area contributed by atoms with Crippen LogP contribution in [0.4, 0.5) is 0 Å². The topological polar surface area (TPSA) is 6.48 Å². The van der Waals surface area contributed by atoms with Crippen molar-refractivity contribution in [3.8, 4) is 0 Å². The van der Waals surface area contributed by atoms with Gasteiger partial charge in [0.2, 0.25) is 0 Å². The Morgan fingerprint density at radius 3 is 1.71 bits per heavy atom. The van der Waals surface area contributed by atoms with Crippen molar-refractivity contribution in [1.29, 1.82) is 0 Å². The van der Waals surface area contributed by atoms with Gasteiger partial charge < -0.3 is 9.13 Å². The van der Waals surface area contributed by atoms with Crippen LogP contribution in [-0.4, -0.2) is 46.2 Å². The summed E-state index contributed by atoms with van der Waals surface area (Å²) in [5, 5.41) is 0. The molecule has 0 N–H and O–H groups in total. The van der Waals surface area contributed by atoms with E-state index in [4.69, 9.17) is 0 Å². The van der Waals surface area contributed by atoms with Gasteiger partial charge in [-0.3, -0.25) is 0 Å². The molecule has 1 fully saturated rings. The number of likely N-dealkylation sites (N-methyl/N-ethyl adjacent to an activating group) is 2. The molecule has 0 aromatic carbocycles. The second-order valence-electron chi connectivity index (χ2n) is 2.30. The lowest BCUT2D eigenvalue weighted by molar-refractivity contribution is 0.553. The Balaban J connectivity index is 2.26. The van der Waals surface area contributed by atoms with E-state index in [-0.39, 0.29) is 9.84 Å². The van der Waals surface area contributed by atoms with Crippen molar-refractivity contribution < 1.29 is 0 Å². The van der Waals surface area contributed by atoms with Gasteiger partial charge in [0, 0.05) is 13.1 Å². The van der Waals surface area contributed by atoms with Crippen LogP contribution < -0.4 is 0 Å². The van der Waals surface area contributed by atoms with Gasteiger partial charge in [-0.25, -0.2) is 0 Å². The number of hydrogen-bond acceptors (Lipinski definition) is 2. The minimum atomic E-state index is 0.0586. The Bertz CT molecular complexity index is 58.7. The van der Waals surface area contributed by atoms with Crippen molar-refractivity contribution in [3.63, 3.8) is 0 Å². The van der Waals surface area contributed by atoms with Crippen LogP contribution in [-0.2, 0) is 0 Å². The summed E-state index contributed by atoms with van der Waals surface area (Å²) in [4.78, 5) is 0. The fourth-order valence-electron chi connectivity index (χ4n) is 0.895. The maximum Gasteiger partial charge on any atom is 0.172 e.